The SMILES string of the molecule is OC[C@H]1O[C@@H](c2ccc(Cl)c(Cc3ccc4nccnc4c3)c2)[C@H](O)[C@@H](O)[C@@H]1O. The molecule has 0 saturated carbocycles. The van der Waals surface area contributed by atoms with Gasteiger partial charge in [-0.25, -0.2) is 0 Å². The van der Waals surface area contributed by atoms with E-state index in [0.29, 0.717) is 17.0 Å². The molecular formula is C21H21ClN2O5. The van der Waals surface area contributed by atoms with Crippen molar-refractivity contribution >= 4 is 22.6 Å². The summed E-state index contributed by atoms with van der Waals surface area (Å²) in [6.45, 7) is -0.472. The molecular weight excluding hydrogens is 396 g/mol. The first-order valence-corrected chi connectivity index (χ1v) is 9.64. The molecule has 4 rings (SSSR count). The molecule has 0 radical (unpaired) electrons. The van der Waals surface area contributed by atoms with Crippen LogP contribution in [0.15, 0.2) is 48.8 Å². The van der Waals surface area contributed by atoms with E-state index in [0.717, 1.165) is 22.2 Å². The summed E-state index contributed by atoms with van der Waals surface area (Å²) in [7, 11) is 0. The van der Waals surface area contributed by atoms with Crippen molar-refractivity contribution < 1.29 is 25.2 Å². The molecule has 3 aromatic rings. The minimum Gasteiger partial charge on any atom is -0.394 e. The quantitative estimate of drug-likeness (QED) is 0.508. The molecule has 1 aliphatic heterocycles. The maximum atomic E-state index is 10.4. The van der Waals surface area contributed by atoms with E-state index in [1.54, 1.807) is 30.6 Å². The number of nitrogens with zero attached hydrogens (tertiary/aromatic N) is 2. The van der Waals surface area contributed by atoms with E-state index < -0.39 is 37.1 Å². The van der Waals surface area contributed by atoms with Gasteiger partial charge in [0.15, 0.2) is 0 Å². The van der Waals surface area contributed by atoms with E-state index in [9.17, 15) is 20.4 Å². The predicted molar refractivity (Wildman–Crippen MR) is 107 cm³/mol. The highest BCUT2D eigenvalue weighted by atomic mass is 35.5. The van der Waals surface area contributed by atoms with Gasteiger partial charge < -0.3 is 25.2 Å². The highest BCUT2D eigenvalue weighted by Crippen LogP contribution is 2.34. The predicted octanol–water partition coefficient (Wildman–Crippen LogP) is 1.39. The third-order valence-electron chi connectivity index (χ3n) is 5.22. The number of fused-ring (bicyclic) bond motifs is 1. The summed E-state index contributed by atoms with van der Waals surface area (Å²) in [5, 5.41) is 40.4. The van der Waals surface area contributed by atoms with Gasteiger partial charge in [-0.1, -0.05) is 29.8 Å². The molecule has 7 nitrogen and oxygen atoms in total. The van der Waals surface area contributed by atoms with Gasteiger partial charge in [0, 0.05) is 17.4 Å². The number of aliphatic hydroxyl groups is 4. The van der Waals surface area contributed by atoms with Gasteiger partial charge >= 0.3 is 0 Å². The van der Waals surface area contributed by atoms with Crippen molar-refractivity contribution in [2.45, 2.75) is 36.9 Å². The first kappa shape index (κ1) is 20.2. The molecule has 8 heteroatoms. The molecule has 1 aliphatic rings. The van der Waals surface area contributed by atoms with Crippen molar-refractivity contribution in [3.63, 3.8) is 0 Å². The standard InChI is InChI=1S/C21H21ClN2O5/c22-14-3-2-12(21-20(28)19(27)18(26)17(10-25)29-21)9-13(14)7-11-1-4-15-16(8-11)24-6-5-23-15/h1-6,8-9,17-21,25-28H,7,10H2/t17-,18-,19+,20-,21+/m1/s1. The van der Waals surface area contributed by atoms with Crippen molar-refractivity contribution in [2.75, 3.05) is 6.61 Å². The summed E-state index contributed by atoms with van der Waals surface area (Å²) in [5.41, 5.74) is 3.99. The minimum atomic E-state index is -1.43. The van der Waals surface area contributed by atoms with E-state index >= 15 is 0 Å². The molecule has 2 heterocycles. The van der Waals surface area contributed by atoms with Gasteiger partial charge in [0.2, 0.25) is 0 Å². The Bertz CT molecular complexity index is 1020. The van der Waals surface area contributed by atoms with Gasteiger partial charge in [0.25, 0.3) is 0 Å². The highest BCUT2D eigenvalue weighted by molar-refractivity contribution is 6.31. The van der Waals surface area contributed by atoms with Crippen molar-refractivity contribution in [3.05, 3.63) is 70.5 Å². The van der Waals surface area contributed by atoms with E-state index in [4.69, 9.17) is 16.3 Å². The van der Waals surface area contributed by atoms with Gasteiger partial charge in [0.1, 0.15) is 30.5 Å². The number of hydrogen-bond donors (Lipinski definition) is 4. The summed E-state index contributed by atoms with van der Waals surface area (Å²) >= 11 is 6.39. The Morgan fingerprint density at radius 1 is 0.897 bits per heavy atom. The molecule has 1 aromatic heterocycles. The summed E-state index contributed by atoms with van der Waals surface area (Å²) < 4.78 is 5.65. The van der Waals surface area contributed by atoms with Crippen LogP contribution in [0.3, 0.4) is 0 Å². The van der Waals surface area contributed by atoms with Crippen molar-refractivity contribution in [1.29, 1.82) is 0 Å². The van der Waals surface area contributed by atoms with Crippen LogP contribution < -0.4 is 0 Å². The largest absolute Gasteiger partial charge is 0.394 e. The number of benzene rings is 2. The van der Waals surface area contributed by atoms with Crippen LogP contribution in [0.4, 0.5) is 0 Å². The Kier molecular flexibility index (Phi) is 5.78. The fourth-order valence-corrected chi connectivity index (χ4v) is 3.81. The van der Waals surface area contributed by atoms with Gasteiger partial charge in [-0.15, -0.1) is 0 Å². The number of aliphatic hydroxyl groups excluding tert-OH is 4. The molecule has 152 valence electrons. The summed E-state index contributed by atoms with van der Waals surface area (Å²) in [4.78, 5) is 8.58. The zero-order chi connectivity index (χ0) is 20.5. The molecule has 29 heavy (non-hydrogen) atoms. The summed E-state index contributed by atoms with van der Waals surface area (Å²) in [5.74, 6) is 0. The summed E-state index contributed by atoms with van der Waals surface area (Å²) in [6.07, 6.45) is -2.21. The molecule has 0 spiro atoms. The molecule has 1 saturated heterocycles. The van der Waals surface area contributed by atoms with E-state index in [2.05, 4.69) is 9.97 Å². The Balaban J connectivity index is 1.63. The number of aromatic nitrogens is 2. The fourth-order valence-electron chi connectivity index (χ4n) is 3.62. The maximum Gasteiger partial charge on any atom is 0.113 e. The van der Waals surface area contributed by atoms with E-state index in [1.807, 2.05) is 18.2 Å². The van der Waals surface area contributed by atoms with Crippen LogP contribution in [0.25, 0.3) is 11.0 Å². The monoisotopic (exact) mass is 416 g/mol. The van der Waals surface area contributed by atoms with Gasteiger partial charge in [-0.3, -0.25) is 9.97 Å². The molecule has 0 amide bonds. The lowest BCUT2D eigenvalue weighted by Crippen LogP contribution is -2.55. The minimum absolute atomic E-state index is 0.472. The number of hydrogen-bond acceptors (Lipinski definition) is 7. The molecule has 5 atom stereocenters. The Morgan fingerprint density at radius 2 is 1.66 bits per heavy atom. The molecule has 4 N–H and O–H groups in total. The summed E-state index contributed by atoms with van der Waals surface area (Å²) in [6, 6.07) is 11.0. The van der Waals surface area contributed by atoms with Crippen molar-refractivity contribution in [1.82, 2.24) is 9.97 Å². The van der Waals surface area contributed by atoms with Gasteiger partial charge in [-0.2, -0.15) is 0 Å². The van der Waals surface area contributed by atoms with Crippen LogP contribution in [0.2, 0.25) is 5.02 Å². The zero-order valence-electron chi connectivity index (χ0n) is 15.4. The fraction of sp³-hybridized carbons (Fsp3) is 0.333. The number of rotatable bonds is 4. The van der Waals surface area contributed by atoms with E-state index in [1.165, 1.54) is 0 Å². The smallest absolute Gasteiger partial charge is 0.113 e. The highest BCUT2D eigenvalue weighted by Gasteiger charge is 2.44. The van der Waals surface area contributed by atoms with Crippen LogP contribution in [-0.4, -0.2) is 61.4 Å². The Morgan fingerprint density at radius 3 is 2.41 bits per heavy atom. The second-order valence-electron chi connectivity index (χ2n) is 7.16. The normalized spacial score (nSPS) is 27.3. The van der Waals surface area contributed by atoms with Gasteiger partial charge in [-0.05, 0) is 41.3 Å². The molecule has 0 aliphatic carbocycles. The first-order valence-electron chi connectivity index (χ1n) is 9.26. The average molecular weight is 417 g/mol. The maximum absolute atomic E-state index is 10.4. The lowest BCUT2D eigenvalue weighted by Gasteiger charge is -2.40. The number of halogens is 1. The molecule has 0 unspecified atom stereocenters. The zero-order valence-corrected chi connectivity index (χ0v) is 16.1. The lowest BCUT2D eigenvalue weighted by atomic mass is 9.90. The van der Waals surface area contributed by atoms with Crippen LogP contribution in [0.1, 0.15) is 22.8 Å². The average Bonchev–Trinajstić information content (AvgIpc) is 2.74. The topological polar surface area (TPSA) is 116 Å². The van der Waals surface area contributed by atoms with Crippen molar-refractivity contribution in [3.8, 4) is 0 Å². The number of ether oxygens (including phenoxy) is 1. The van der Waals surface area contributed by atoms with Gasteiger partial charge in [0.05, 0.1) is 17.6 Å². The van der Waals surface area contributed by atoms with Crippen LogP contribution >= 0.6 is 11.6 Å². The van der Waals surface area contributed by atoms with Crippen LogP contribution in [0.5, 0.6) is 0 Å². The Hall–Kier alpha value is -2.13. The Labute approximate surface area is 172 Å². The molecule has 0 bridgehead atoms. The second kappa shape index (κ2) is 8.31. The lowest BCUT2D eigenvalue weighted by molar-refractivity contribution is -0.231. The van der Waals surface area contributed by atoms with E-state index in [-0.39, 0.29) is 0 Å². The van der Waals surface area contributed by atoms with Crippen molar-refractivity contribution in [2.24, 2.45) is 0 Å². The third kappa shape index (κ3) is 3.98. The van der Waals surface area contributed by atoms with Crippen LogP contribution in [-0.2, 0) is 11.2 Å². The molecule has 1 fully saturated rings. The third-order valence-corrected chi connectivity index (χ3v) is 5.59. The first-order chi connectivity index (χ1) is 14.0. The van der Waals surface area contributed by atoms with Crippen LogP contribution in [0, 0.1) is 0 Å². The molecule has 2 aromatic carbocycles. The second-order valence-corrected chi connectivity index (χ2v) is 7.56.